The zero-order chi connectivity index (χ0) is 11.1. The number of ether oxygens (including phenoxy) is 1. The molecule has 84 valence electrons. The Bertz CT molecular complexity index is 238. The highest BCUT2D eigenvalue weighted by Gasteiger charge is 2.18. The van der Waals surface area contributed by atoms with Gasteiger partial charge in [-0.3, -0.25) is 4.79 Å². The molecule has 1 aliphatic rings. The predicted octanol–water partition coefficient (Wildman–Crippen LogP) is 1.47. The maximum atomic E-state index is 11.5. The van der Waals surface area contributed by atoms with Gasteiger partial charge in [0.15, 0.2) is 0 Å². The van der Waals surface area contributed by atoms with E-state index >= 15 is 0 Å². The lowest BCUT2D eigenvalue weighted by Crippen LogP contribution is -2.35. The molecule has 0 aromatic heterocycles. The minimum Gasteiger partial charge on any atom is -0.378 e. The van der Waals surface area contributed by atoms with E-state index in [1.165, 1.54) is 0 Å². The van der Waals surface area contributed by atoms with Crippen LogP contribution in [0.4, 0.5) is 0 Å². The summed E-state index contributed by atoms with van der Waals surface area (Å²) in [6.45, 7) is 2.71. The van der Waals surface area contributed by atoms with Gasteiger partial charge in [-0.05, 0) is 26.2 Å². The molecule has 0 radical (unpaired) electrons. The van der Waals surface area contributed by atoms with Crippen molar-refractivity contribution in [1.82, 2.24) is 5.32 Å². The normalized spacial score (nSPS) is 22.8. The molecule has 0 saturated carbocycles. The van der Waals surface area contributed by atoms with E-state index in [1.54, 1.807) is 0 Å². The van der Waals surface area contributed by atoms with E-state index < -0.39 is 0 Å². The van der Waals surface area contributed by atoms with Crippen molar-refractivity contribution in [1.29, 1.82) is 0 Å². The summed E-state index contributed by atoms with van der Waals surface area (Å²) in [5, 5.41) is 2.87. The van der Waals surface area contributed by atoms with Gasteiger partial charge in [0.25, 0.3) is 0 Å². The van der Waals surface area contributed by atoms with E-state index in [0.29, 0.717) is 12.8 Å². The van der Waals surface area contributed by atoms with E-state index in [-0.39, 0.29) is 18.1 Å². The highest BCUT2D eigenvalue weighted by Crippen LogP contribution is 2.15. The molecular formula is C12H19NO2. The minimum absolute atomic E-state index is 0.0460. The molecule has 1 rings (SSSR count). The fourth-order valence-electron chi connectivity index (χ4n) is 1.74. The molecule has 15 heavy (non-hydrogen) atoms. The largest absolute Gasteiger partial charge is 0.378 e. The van der Waals surface area contributed by atoms with E-state index in [2.05, 4.69) is 11.2 Å². The van der Waals surface area contributed by atoms with Crippen molar-refractivity contribution in [3.05, 3.63) is 0 Å². The maximum Gasteiger partial charge on any atom is 0.222 e. The lowest BCUT2D eigenvalue weighted by Gasteiger charge is -2.22. The monoisotopic (exact) mass is 209 g/mol. The number of terminal acetylenes is 1. The molecule has 1 fully saturated rings. The highest BCUT2D eigenvalue weighted by molar-refractivity contribution is 5.76. The zero-order valence-corrected chi connectivity index (χ0v) is 9.29. The van der Waals surface area contributed by atoms with Gasteiger partial charge >= 0.3 is 0 Å². The first kappa shape index (κ1) is 12.1. The molecule has 1 amide bonds. The molecule has 0 aliphatic carbocycles. The van der Waals surface area contributed by atoms with Crippen LogP contribution in [0.1, 0.15) is 39.0 Å². The van der Waals surface area contributed by atoms with E-state index in [1.807, 2.05) is 6.92 Å². The fourth-order valence-corrected chi connectivity index (χ4v) is 1.74. The van der Waals surface area contributed by atoms with Crippen LogP contribution in [0.3, 0.4) is 0 Å². The number of nitrogens with one attached hydrogen (secondary N) is 1. The lowest BCUT2D eigenvalue weighted by atomic mass is 10.1. The van der Waals surface area contributed by atoms with Crippen LogP contribution in [0.2, 0.25) is 0 Å². The fraction of sp³-hybridized carbons (Fsp3) is 0.750. The molecule has 0 aromatic rings. The van der Waals surface area contributed by atoms with E-state index in [0.717, 1.165) is 25.9 Å². The van der Waals surface area contributed by atoms with Crippen LogP contribution >= 0.6 is 0 Å². The molecule has 1 heterocycles. The van der Waals surface area contributed by atoms with Gasteiger partial charge in [-0.25, -0.2) is 0 Å². The molecule has 0 spiro atoms. The zero-order valence-electron chi connectivity index (χ0n) is 9.29. The molecule has 2 unspecified atom stereocenters. The summed E-state index contributed by atoms with van der Waals surface area (Å²) in [5.74, 6) is 2.58. The average Bonchev–Trinajstić information content (AvgIpc) is 2.19. The molecule has 3 nitrogen and oxygen atoms in total. The summed E-state index contributed by atoms with van der Waals surface area (Å²) in [6, 6.07) is 0.0612. The van der Waals surface area contributed by atoms with Crippen molar-refractivity contribution < 1.29 is 9.53 Å². The molecule has 1 saturated heterocycles. The first-order valence-corrected chi connectivity index (χ1v) is 5.57. The predicted molar refractivity (Wildman–Crippen MR) is 59.3 cm³/mol. The van der Waals surface area contributed by atoms with E-state index in [4.69, 9.17) is 11.2 Å². The lowest BCUT2D eigenvalue weighted by molar-refractivity contribution is -0.125. The van der Waals surface area contributed by atoms with Gasteiger partial charge in [0.1, 0.15) is 0 Å². The molecule has 3 heteroatoms. The Morgan fingerprint density at radius 3 is 3.07 bits per heavy atom. The van der Waals surface area contributed by atoms with E-state index in [9.17, 15) is 4.79 Å². The van der Waals surface area contributed by atoms with Crippen LogP contribution in [-0.2, 0) is 9.53 Å². The minimum atomic E-state index is 0.0460. The number of amides is 1. The number of carbonyl (C=O) groups is 1. The van der Waals surface area contributed by atoms with Crippen LogP contribution in [0, 0.1) is 12.3 Å². The second-order valence-electron chi connectivity index (χ2n) is 4.07. The van der Waals surface area contributed by atoms with Gasteiger partial charge in [-0.2, -0.15) is 0 Å². The van der Waals surface area contributed by atoms with Gasteiger partial charge in [0.05, 0.1) is 12.5 Å². The van der Waals surface area contributed by atoms with Crippen molar-refractivity contribution in [2.75, 3.05) is 6.61 Å². The second-order valence-corrected chi connectivity index (χ2v) is 4.07. The summed E-state index contributed by atoms with van der Waals surface area (Å²) in [5.41, 5.74) is 0. The quantitative estimate of drug-likeness (QED) is 0.712. The summed E-state index contributed by atoms with van der Waals surface area (Å²) >= 11 is 0. The summed E-state index contributed by atoms with van der Waals surface area (Å²) in [7, 11) is 0. The molecule has 2 atom stereocenters. The third-order valence-corrected chi connectivity index (χ3v) is 2.52. The number of carbonyl (C=O) groups excluding carboxylic acids is 1. The topological polar surface area (TPSA) is 38.3 Å². The Labute approximate surface area is 91.6 Å². The summed E-state index contributed by atoms with van der Waals surface area (Å²) in [4.78, 5) is 11.5. The van der Waals surface area contributed by atoms with Gasteiger partial charge in [-0.1, -0.05) is 0 Å². The van der Waals surface area contributed by atoms with Gasteiger partial charge in [-0.15, -0.1) is 12.3 Å². The van der Waals surface area contributed by atoms with Crippen molar-refractivity contribution in [2.45, 2.75) is 51.2 Å². The van der Waals surface area contributed by atoms with Crippen molar-refractivity contribution in [3.8, 4) is 12.3 Å². The smallest absolute Gasteiger partial charge is 0.222 e. The SMILES string of the molecule is C#CCC(C)NC(=O)CC1CCCCO1. The summed E-state index contributed by atoms with van der Waals surface area (Å²) < 4.78 is 5.49. The van der Waals surface area contributed by atoms with Crippen molar-refractivity contribution in [2.24, 2.45) is 0 Å². The molecule has 1 N–H and O–H groups in total. The third kappa shape index (κ3) is 4.85. The maximum absolute atomic E-state index is 11.5. The van der Waals surface area contributed by atoms with Crippen LogP contribution in [0.5, 0.6) is 0 Å². The molecule has 0 aromatic carbocycles. The second kappa shape index (κ2) is 6.47. The van der Waals surface area contributed by atoms with Crippen LogP contribution < -0.4 is 5.32 Å². The van der Waals surface area contributed by atoms with Gasteiger partial charge in [0, 0.05) is 19.1 Å². The molecular weight excluding hydrogens is 190 g/mol. The summed E-state index contributed by atoms with van der Waals surface area (Å²) in [6.07, 6.45) is 9.60. The first-order chi connectivity index (χ1) is 7.22. The molecule has 1 aliphatic heterocycles. The first-order valence-electron chi connectivity index (χ1n) is 5.57. The Kier molecular flexibility index (Phi) is 5.20. The average molecular weight is 209 g/mol. The Hall–Kier alpha value is -1.01. The van der Waals surface area contributed by atoms with Crippen molar-refractivity contribution >= 4 is 5.91 Å². The highest BCUT2D eigenvalue weighted by atomic mass is 16.5. The van der Waals surface area contributed by atoms with Crippen LogP contribution in [0.25, 0.3) is 0 Å². The van der Waals surface area contributed by atoms with Crippen molar-refractivity contribution in [3.63, 3.8) is 0 Å². The standard InChI is InChI=1S/C12H19NO2/c1-3-6-10(2)13-12(14)9-11-7-4-5-8-15-11/h1,10-11H,4-9H2,2H3,(H,13,14). The Morgan fingerprint density at radius 1 is 1.67 bits per heavy atom. The van der Waals surface area contributed by atoms with Crippen LogP contribution in [-0.4, -0.2) is 24.7 Å². The Morgan fingerprint density at radius 2 is 2.47 bits per heavy atom. The Balaban J connectivity index is 2.20. The number of rotatable bonds is 4. The number of hydrogen-bond acceptors (Lipinski definition) is 2. The van der Waals surface area contributed by atoms with Crippen LogP contribution in [0.15, 0.2) is 0 Å². The van der Waals surface area contributed by atoms with Gasteiger partial charge in [0.2, 0.25) is 5.91 Å². The van der Waals surface area contributed by atoms with Gasteiger partial charge < -0.3 is 10.1 Å². The number of hydrogen-bond donors (Lipinski definition) is 1. The third-order valence-electron chi connectivity index (χ3n) is 2.52. The molecule has 0 bridgehead atoms.